The monoisotopic (exact) mass is 198 g/mol. The van der Waals surface area contributed by atoms with Crippen LogP contribution in [0.2, 0.25) is 0 Å². The Labute approximate surface area is 81.8 Å². The molecule has 0 bridgehead atoms. The highest BCUT2D eigenvalue weighted by atomic mass is 32.1. The van der Waals surface area contributed by atoms with Crippen LogP contribution in [0.5, 0.6) is 5.75 Å². The number of benzene rings is 1. The minimum atomic E-state index is -1.01. The topological polar surface area (TPSA) is 46.5 Å². The number of carbonyl (C=O) groups is 1. The average molecular weight is 198 g/mol. The summed E-state index contributed by atoms with van der Waals surface area (Å²) in [5.74, 6) is -0.692. The van der Waals surface area contributed by atoms with Gasteiger partial charge in [0.25, 0.3) is 0 Å². The number of hydrogen-bond acceptors (Lipinski definition) is 3. The molecule has 4 heteroatoms. The molecule has 1 rings (SSSR count). The number of carboxylic acid groups (broad SMARTS) is 1. The van der Waals surface area contributed by atoms with E-state index in [1.54, 1.807) is 6.07 Å². The number of methoxy groups -OCH3 is 1. The summed E-state index contributed by atoms with van der Waals surface area (Å²) in [5, 5.41) is 8.80. The van der Waals surface area contributed by atoms with Crippen LogP contribution in [-0.2, 0) is 0 Å². The number of hydrogen-bond donors (Lipinski definition) is 2. The maximum absolute atomic E-state index is 10.7. The van der Waals surface area contributed by atoms with Crippen molar-refractivity contribution < 1.29 is 14.6 Å². The Morgan fingerprint density at radius 2 is 2.15 bits per heavy atom. The largest absolute Gasteiger partial charge is 0.495 e. The van der Waals surface area contributed by atoms with Gasteiger partial charge in [0.05, 0.1) is 12.0 Å². The molecule has 1 aromatic rings. The SMILES string of the molecule is COc1c(C(=O)O)ccc(C)c1S. The zero-order chi connectivity index (χ0) is 10.0. The Kier molecular flexibility index (Phi) is 2.83. The highest BCUT2D eigenvalue weighted by Crippen LogP contribution is 2.29. The van der Waals surface area contributed by atoms with E-state index in [4.69, 9.17) is 9.84 Å². The minimum absolute atomic E-state index is 0.137. The Balaban J connectivity index is 3.38. The van der Waals surface area contributed by atoms with Crippen LogP contribution in [0.1, 0.15) is 15.9 Å². The number of aryl methyl sites for hydroxylation is 1. The molecule has 0 heterocycles. The van der Waals surface area contributed by atoms with Crippen molar-refractivity contribution in [1.29, 1.82) is 0 Å². The van der Waals surface area contributed by atoms with Crippen LogP contribution in [-0.4, -0.2) is 18.2 Å². The Bertz CT molecular complexity index is 347. The minimum Gasteiger partial charge on any atom is -0.495 e. The lowest BCUT2D eigenvalue weighted by molar-refractivity contribution is 0.0693. The van der Waals surface area contributed by atoms with E-state index in [9.17, 15) is 4.79 Å². The fourth-order valence-corrected chi connectivity index (χ4v) is 1.33. The number of rotatable bonds is 2. The number of ether oxygens (including phenoxy) is 1. The van der Waals surface area contributed by atoms with Crippen molar-refractivity contribution in [3.8, 4) is 5.75 Å². The van der Waals surface area contributed by atoms with E-state index < -0.39 is 5.97 Å². The van der Waals surface area contributed by atoms with E-state index in [2.05, 4.69) is 12.6 Å². The van der Waals surface area contributed by atoms with E-state index in [1.165, 1.54) is 13.2 Å². The highest BCUT2D eigenvalue weighted by molar-refractivity contribution is 7.80. The average Bonchev–Trinajstić information content (AvgIpc) is 2.09. The van der Waals surface area contributed by atoms with Crippen LogP contribution in [0, 0.1) is 6.92 Å². The quantitative estimate of drug-likeness (QED) is 0.714. The molecule has 0 saturated carbocycles. The molecule has 0 saturated heterocycles. The van der Waals surface area contributed by atoms with Crippen molar-refractivity contribution in [2.24, 2.45) is 0 Å². The van der Waals surface area contributed by atoms with Crippen molar-refractivity contribution in [3.05, 3.63) is 23.3 Å². The van der Waals surface area contributed by atoms with Gasteiger partial charge in [-0.2, -0.15) is 0 Å². The van der Waals surface area contributed by atoms with E-state index >= 15 is 0 Å². The van der Waals surface area contributed by atoms with Gasteiger partial charge in [-0.25, -0.2) is 4.79 Å². The standard InChI is InChI=1S/C9H10O3S/c1-5-3-4-6(9(10)11)7(12-2)8(5)13/h3-4,13H,1-2H3,(H,10,11). The first-order chi connectivity index (χ1) is 6.07. The van der Waals surface area contributed by atoms with Gasteiger partial charge in [-0.15, -0.1) is 12.6 Å². The lowest BCUT2D eigenvalue weighted by Crippen LogP contribution is -2.01. The molecule has 0 fully saturated rings. The van der Waals surface area contributed by atoms with Crippen LogP contribution in [0.25, 0.3) is 0 Å². The van der Waals surface area contributed by atoms with Gasteiger partial charge in [0.1, 0.15) is 11.3 Å². The molecule has 0 atom stereocenters. The molecule has 70 valence electrons. The first-order valence-electron chi connectivity index (χ1n) is 3.67. The second kappa shape index (κ2) is 3.70. The molecule has 0 amide bonds. The molecule has 0 radical (unpaired) electrons. The second-order valence-corrected chi connectivity index (χ2v) is 3.06. The molecular formula is C9H10O3S. The van der Waals surface area contributed by atoms with Crippen molar-refractivity contribution in [3.63, 3.8) is 0 Å². The van der Waals surface area contributed by atoms with E-state index in [-0.39, 0.29) is 5.56 Å². The second-order valence-electron chi connectivity index (χ2n) is 2.62. The molecule has 0 aliphatic heterocycles. The smallest absolute Gasteiger partial charge is 0.339 e. The van der Waals surface area contributed by atoms with Crippen molar-refractivity contribution in [2.45, 2.75) is 11.8 Å². The van der Waals surface area contributed by atoms with Gasteiger partial charge in [-0.1, -0.05) is 6.07 Å². The van der Waals surface area contributed by atoms with Crippen LogP contribution >= 0.6 is 12.6 Å². The summed E-state index contributed by atoms with van der Waals surface area (Å²) < 4.78 is 4.96. The number of thiol groups is 1. The van der Waals surface area contributed by atoms with Gasteiger partial charge < -0.3 is 9.84 Å². The summed E-state index contributed by atoms with van der Waals surface area (Å²) in [6, 6.07) is 3.21. The molecule has 1 aromatic carbocycles. The van der Waals surface area contributed by atoms with Gasteiger partial charge in [0, 0.05) is 0 Å². The predicted molar refractivity (Wildman–Crippen MR) is 51.9 cm³/mol. The van der Waals surface area contributed by atoms with Crippen LogP contribution in [0.4, 0.5) is 0 Å². The van der Waals surface area contributed by atoms with Crippen LogP contribution in [0.15, 0.2) is 17.0 Å². The normalized spacial score (nSPS) is 9.77. The lowest BCUT2D eigenvalue weighted by atomic mass is 10.1. The van der Waals surface area contributed by atoms with E-state index in [0.717, 1.165) is 5.56 Å². The Morgan fingerprint density at radius 3 is 2.62 bits per heavy atom. The molecular weight excluding hydrogens is 188 g/mol. The van der Waals surface area contributed by atoms with Gasteiger partial charge in [-0.05, 0) is 18.6 Å². The van der Waals surface area contributed by atoms with Crippen molar-refractivity contribution in [2.75, 3.05) is 7.11 Å². The Hall–Kier alpha value is -1.16. The van der Waals surface area contributed by atoms with Crippen molar-refractivity contribution >= 4 is 18.6 Å². The fraction of sp³-hybridized carbons (Fsp3) is 0.222. The molecule has 0 aliphatic rings. The first kappa shape index (κ1) is 9.92. The molecule has 13 heavy (non-hydrogen) atoms. The molecule has 0 aromatic heterocycles. The summed E-state index contributed by atoms with van der Waals surface area (Å²) in [6.07, 6.45) is 0. The van der Waals surface area contributed by atoms with Crippen molar-refractivity contribution in [1.82, 2.24) is 0 Å². The van der Waals surface area contributed by atoms with Gasteiger partial charge in [0.15, 0.2) is 0 Å². The third-order valence-corrected chi connectivity index (χ3v) is 2.32. The van der Waals surface area contributed by atoms with E-state index in [0.29, 0.717) is 10.6 Å². The maximum atomic E-state index is 10.7. The molecule has 0 spiro atoms. The lowest BCUT2D eigenvalue weighted by Gasteiger charge is -2.09. The fourth-order valence-electron chi connectivity index (χ4n) is 1.04. The summed E-state index contributed by atoms with van der Waals surface area (Å²) in [7, 11) is 1.43. The summed E-state index contributed by atoms with van der Waals surface area (Å²) in [5.41, 5.74) is 1.03. The first-order valence-corrected chi connectivity index (χ1v) is 4.12. The number of aromatic carboxylic acids is 1. The van der Waals surface area contributed by atoms with Crippen LogP contribution in [0.3, 0.4) is 0 Å². The predicted octanol–water partition coefficient (Wildman–Crippen LogP) is 1.99. The number of carboxylic acids is 1. The summed E-state index contributed by atoms with van der Waals surface area (Å²) >= 11 is 4.17. The molecule has 3 nitrogen and oxygen atoms in total. The molecule has 1 N–H and O–H groups in total. The summed E-state index contributed by atoms with van der Waals surface area (Å²) in [4.78, 5) is 11.3. The molecule has 0 aliphatic carbocycles. The van der Waals surface area contributed by atoms with Gasteiger partial charge in [-0.3, -0.25) is 0 Å². The zero-order valence-electron chi connectivity index (χ0n) is 7.37. The van der Waals surface area contributed by atoms with Gasteiger partial charge in [0.2, 0.25) is 0 Å². The zero-order valence-corrected chi connectivity index (χ0v) is 8.26. The maximum Gasteiger partial charge on any atom is 0.339 e. The third kappa shape index (κ3) is 1.78. The highest BCUT2D eigenvalue weighted by Gasteiger charge is 2.14. The van der Waals surface area contributed by atoms with E-state index in [1.807, 2.05) is 6.92 Å². The van der Waals surface area contributed by atoms with Gasteiger partial charge >= 0.3 is 5.97 Å². The Morgan fingerprint density at radius 1 is 1.54 bits per heavy atom. The summed E-state index contributed by atoms with van der Waals surface area (Å²) in [6.45, 7) is 1.84. The molecule has 0 unspecified atom stereocenters. The van der Waals surface area contributed by atoms with Crippen LogP contribution < -0.4 is 4.74 Å². The third-order valence-electron chi connectivity index (χ3n) is 1.77.